The van der Waals surface area contributed by atoms with Gasteiger partial charge in [0.1, 0.15) is 6.10 Å². The maximum atomic E-state index is 14.5. The smallest absolute Gasteiger partial charge is 0.247 e. The lowest BCUT2D eigenvalue weighted by Gasteiger charge is -2.14. The minimum absolute atomic E-state index is 0.0593. The molecule has 0 radical (unpaired) electrons. The summed E-state index contributed by atoms with van der Waals surface area (Å²) in [5, 5.41) is 11.5. The number of amides is 1. The fraction of sp³-hybridized carbons (Fsp3) is 0.174. The number of carbonyl (C=O) groups excluding carboxylic acids is 1. The minimum Gasteiger partial charge on any atom is -0.486 e. The Balaban J connectivity index is 1.46. The second-order valence-electron chi connectivity index (χ2n) is 7.29. The fourth-order valence-electron chi connectivity index (χ4n) is 3.23. The molecule has 10 heteroatoms. The van der Waals surface area contributed by atoms with Crippen molar-refractivity contribution >= 4 is 34.7 Å². The average Bonchev–Trinajstić information content (AvgIpc) is 3.31. The third kappa shape index (κ3) is 5.80. The SMILES string of the molecule is C=CC(=O)Nc1cccc(Nc2nc(Nc3ccc(OC4CCNC4)c(F)c3)ncc2F)c1. The molecule has 1 saturated heterocycles. The number of hydrogen-bond acceptors (Lipinski definition) is 7. The van der Waals surface area contributed by atoms with Gasteiger partial charge in [-0.25, -0.2) is 13.8 Å². The molecule has 0 spiro atoms. The Labute approximate surface area is 189 Å². The first-order valence-corrected chi connectivity index (χ1v) is 10.3. The number of benzene rings is 2. The van der Waals surface area contributed by atoms with Crippen molar-refractivity contribution in [3.8, 4) is 5.75 Å². The van der Waals surface area contributed by atoms with E-state index in [0.717, 1.165) is 25.2 Å². The van der Waals surface area contributed by atoms with Crippen LogP contribution in [0, 0.1) is 11.6 Å². The van der Waals surface area contributed by atoms with Gasteiger partial charge in [-0.3, -0.25) is 4.79 Å². The van der Waals surface area contributed by atoms with Crippen molar-refractivity contribution in [1.82, 2.24) is 15.3 Å². The van der Waals surface area contributed by atoms with E-state index in [1.54, 1.807) is 30.3 Å². The highest BCUT2D eigenvalue weighted by molar-refractivity contribution is 5.99. The third-order valence-corrected chi connectivity index (χ3v) is 4.82. The molecule has 1 fully saturated rings. The lowest BCUT2D eigenvalue weighted by molar-refractivity contribution is -0.111. The highest BCUT2D eigenvalue weighted by atomic mass is 19.1. The predicted octanol–water partition coefficient (Wildman–Crippen LogP) is 4.11. The summed E-state index contributed by atoms with van der Waals surface area (Å²) in [5.41, 5.74) is 1.38. The molecule has 0 aliphatic carbocycles. The molecular formula is C23H22F2N6O2. The summed E-state index contributed by atoms with van der Waals surface area (Å²) >= 11 is 0. The van der Waals surface area contributed by atoms with Gasteiger partial charge in [0.15, 0.2) is 23.2 Å². The van der Waals surface area contributed by atoms with Gasteiger partial charge in [0.2, 0.25) is 11.9 Å². The van der Waals surface area contributed by atoms with Gasteiger partial charge in [-0.05, 0) is 49.4 Å². The molecule has 1 aliphatic rings. The van der Waals surface area contributed by atoms with Gasteiger partial charge in [-0.15, -0.1) is 0 Å². The molecule has 1 unspecified atom stereocenters. The second-order valence-corrected chi connectivity index (χ2v) is 7.29. The third-order valence-electron chi connectivity index (χ3n) is 4.82. The molecule has 0 saturated carbocycles. The standard InChI is InChI=1S/C23H22F2N6O2/c1-2-21(32)28-14-4-3-5-15(10-14)29-22-19(25)13-27-23(31-22)30-16-6-7-20(18(24)11-16)33-17-8-9-26-12-17/h2-7,10-11,13,17,26H,1,8-9,12H2,(H,28,32)(H2,27,29,30,31). The topological polar surface area (TPSA) is 100 Å². The van der Waals surface area contributed by atoms with Gasteiger partial charge in [0.25, 0.3) is 0 Å². The number of hydrogen-bond donors (Lipinski definition) is 4. The Hall–Kier alpha value is -4.05. The number of nitrogens with zero attached hydrogens (tertiary/aromatic N) is 2. The van der Waals surface area contributed by atoms with Crippen LogP contribution in [0.5, 0.6) is 5.75 Å². The lowest BCUT2D eigenvalue weighted by Crippen LogP contribution is -2.20. The molecule has 1 aromatic heterocycles. The maximum Gasteiger partial charge on any atom is 0.247 e. The molecule has 4 rings (SSSR count). The number of aromatic nitrogens is 2. The van der Waals surface area contributed by atoms with Gasteiger partial charge < -0.3 is 26.0 Å². The highest BCUT2D eigenvalue weighted by Gasteiger charge is 2.18. The summed E-state index contributed by atoms with van der Waals surface area (Å²) in [6.07, 6.45) is 2.91. The van der Waals surface area contributed by atoms with Crippen LogP contribution in [-0.2, 0) is 4.79 Å². The van der Waals surface area contributed by atoms with Crippen molar-refractivity contribution in [2.24, 2.45) is 0 Å². The van der Waals surface area contributed by atoms with Gasteiger partial charge in [0, 0.05) is 29.7 Å². The first kappa shape index (κ1) is 22.2. The van der Waals surface area contributed by atoms with Crippen molar-refractivity contribution < 1.29 is 18.3 Å². The van der Waals surface area contributed by atoms with Crippen molar-refractivity contribution in [3.05, 3.63) is 73.0 Å². The molecular weight excluding hydrogens is 430 g/mol. The molecule has 2 heterocycles. The highest BCUT2D eigenvalue weighted by Crippen LogP contribution is 2.26. The van der Waals surface area contributed by atoms with E-state index >= 15 is 0 Å². The zero-order valence-electron chi connectivity index (χ0n) is 17.6. The second kappa shape index (κ2) is 10.0. The van der Waals surface area contributed by atoms with Crippen LogP contribution in [0.25, 0.3) is 0 Å². The predicted molar refractivity (Wildman–Crippen MR) is 122 cm³/mol. The van der Waals surface area contributed by atoms with Crippen LogP contribution in [0.2, 0.25) is 0 Å². The number of carbonyl (C=O) groups is 1. The normalized spacial score (nSPS) is 15.0. The molecule has 170 valence electrons. The van der Waals surface area contributed by atoms with E-state index in [1.165, 1.54) is 12.1 Å². The Morgan fingerprint density at radius 1 is 1.12 bits per heavy atom. The monoisotopic (exact) mass is 452 g/mol. The number of halogens is 2. The van der Waals surface area contributed by atoms with E-state index in [1.807, 2.05) is 0 Å². The summed E-state index contributed by atoms with van der Waals surface area (Å²) in [4.78, 5) is 19.5. The number of anilines is 5. The summed E-state index contributed by atoms with van der Waals surface area (Å²) in [5.74, 6) is -1.42. The molecule has 3 aromatic rings. The largest absolute Gasteiger partial charge is 0.486 e. The first-order chi connectivity index (χ1) is 16.0. The zero-order valence-corrected chi connectivity index (χ0v) is 17.6. The van der Waals surface area contributed by atoms with E-state index in [9.17, 15) is 13.6 Å². The molecule has 8 nitrogen and oxygen atoms in total. The summed E-state index contributed by atoms with van der Waals surface area (Å²) in [6.45, 7) is 4.93. The van der Waals surface area contributed by atoms with Crippen LogP contribution in [0.15, 0.2) is 61.3 Å². The van der Waals surface area contributed by atoms with Crippen molar-refractivity contribution in [1.29, 1.82) is 0 Å². The van der Waals surface area contributed by atoms with Crippen LogP contribution in [-0.4, -0.2) is 35.1 Å². The minimum atomic E-state index is -0.679. The average molecular weight is 452 g/mol. The van der Waals surface area contributed by atoms with Crippen molar-refractivity contribution in [3.63, 3.8) is 0 Å². The van der Waals surface area contributed by atoms with Crippen LogP contribution in [0.4, 0.5) is 37.6 Å². The number of nitrogens with one attached hydrogen (secondary N) is 4. The van der Waals surface area contributed by atoms with Gasteiger partial charge >= 0.3 is 0 Å². The Morgan fingerprint density at radius 3 is 2.70 bits per heavy atom. The van der Waals surface area contributed by atoms with Gasteiger partial charge in [-0.2, -0.15) is 4.98 Å². The quantitative estimate of drug-likeness (QED) is 0.382. The number of ether oxygens (including phenoxy) is 1. The molecule has 1 atom stereocenters. The summed E-state index contributed by atoms with van der Waals surface area (Å²) < 4.78 is 34.4. The van der Waals surface area contributed by atoms with Gasteiger partial charge in [-0.1, -0.05) is 12.6 Å². The molecule has 1 amide bonds. The van der Waals surface area contributed by atoms with E-state index in [-0.39, 0.29) is 29.5 Å². The first-order valence-electron chi connectivity index (χ1n) is 10.3. The van der Waals surface area contributed by atoms with Crippen molar-refractivity contribution in [2.75, 3.05) is 29.0 Å². The molecule has 33 heavy (non-hydrogen) atoms. The molecule has 4 N–H and O–H groups in total. The van der Waals surface area contributed by atoms with E-state index in [2.05, 4.69) is 37.8 Å². The zero-order chi connectivity index (χ0) is 23.2. The van der Waals surface area contributed by atoms with Crippen LogP contribution in [0.3, 0.4) is 0 Å². The van der Waals surface area contributed by atoms with E-state index in [0.29, 0.717) is 23.6 Å². The fourth-order valence-corrected chi connectivity index (χ4v) is 3.23. The summed E-state index contributed by atoms with van der Waals surface area (Å²) in [7, 11) is 0. The molecule has 1 aliphatic heterocycles. The molecule has 2 aromatic carbocycles. The van der Waals surface area contributed by atoms with E-state index in [4.69, 9.17) is 4.74 Å². The number of rotatable bonds is 8. The van der Waals surface area contributed by atoms with E-state index < -0.39 is 11.6 Å². The van der Waals surface area contributed by atoms with Crippen molar-refractivity contribution in [2.45, 2.75) is 12.5 Å². The lowest BCUT2D eigenvalue weighted by atomic mass is 10.2. The van der Waals surface area contributed by atoms with Gasteiger partial charge in [0.05, 0.1) is 6.20 Å². The molecule has 0 bridgehead atoms. The maximum absolute atomic E-state index is 14.5. The van der Waals surface area contributed by atoms with Crippen LogP contribution < -0.4 is 26.0 Å². The Bertz CT molecular complexity index is 1170. The Morgan fingerprint density at radius 2 is 1.94 bits per heavy atom. The van der Waals surface area contributed by atoms with Crippen LogP contribution in [0.1, 0.15) is 6.42 Å². The van der Waals surface area contributed by atoms with Crippen LogP contribution >= 0.6 is 0 Å². The Kier molecular flexibility index (Phi) is 6.75. The summed E-state index contributed by atoms with van der Waals surface area (Å²) in [6, 6.07) is 11.1.